The monoisotopic (exact) mass is 478 g/mol. The molecular formula is C29H42N4O2. The second kappa shape index (κ2) is 9.96. The molecule has 0 spiro atoms. The van der Waals surface area contributed by atoms with Crippen molar-refractivity contribution in [2.24, 2.45) is 0 Å². The van der Waals surface area contributed by atoms with Crippen LogP contribution in [0.15, 0.2) is 30.3 Å². The standard InChI is InChI=1S/C29H42N4O2/c1-21-11-9-12-22(2)31(21)17-10-18-33-27(34)26-19-23-13-7-8-16-25(23)32(26)20-29(33,3)28(35)30-24-14-5-4-6-15-24/h7-8,13,16,19,21-22,24H,4-6,9-12,14-15,17-18,20H2,1-3H3,(H,30,35)/t21-,22-,29+/m1/s1. The van der Waals surface area contributed by atoms with E-state index in [9.17, 15) is 9.59 Å². The first-order valence-electron chi connectivity index (χ1n) is 13.9. The van der Waals surface area contributed by atoms with Crippen LogP contribution in [-0.4, -0.2) is 62.9 Å². The molecule has 6 heteroatoms. The summed E-state index contributed by atoms with van der Waals surface area (Å²) in [5.41, 5.74) is 0.833. The molecule has 0 radical (unpaired) electrons. The third-order valence-electron chi connectivity index (χ3n) is 8.94. The zero-order valence-corrected chi connectivity index (χ0v) is 21.8. The Labute approximate surface area is 210 Å². The minimum atomic E-state index is -0.900. The van der Waals surface area contributed by atoms with Crippen LogP contribution in [0.2, 0.25) is 0 Å². The highest BCUT2D eigenvalue weighted by molar-refractivity contribution is 6.03. The fourth-order valence-corrected chi connectivity index (χ4v) is 6.77. The van der Waals surface area contributed by atoms with Crippen LogP contribution in [0, 0.1) is 0 Å². The average Bonchev–Trinajstić information content (AvgIpc) is 3.22. The predicted octanol–water partition coefficient (Wildman–Crippen LogP) is 4.96. The number of nitrogens with zero attached hydrogens (tertiary/aromatic N) is 3. The van der Waals surface area contributed by atoms with Gasteiger partial charge in [-0.15, -0.1) is 0 Å². The van der Waals surface area contributed by atoms with Crippen molar-refractivity contribution in [2.45, 2.75) is 109 Å². The molecule has 1 aliphatic carbocycles. The Morgan fingerprint density at radius 2 is 1.71 bits per heavy atom. The summed E-state index contributed by atoms with van der Waals surface area (Å²) < 4.78 is 2.07. The van der Waals surface area contributed by atoms with Gasteiger partial charge in [0.1, 0.15) is 11.2 Å². The van der Waals surface area contributed by atoms with Crippen molar-refractivity contribution in [1.29, 1.82) is 0 Å². The van der Waals surface area contributed by atoms with Gasteiger partial charge in [-0.2, -0.15) is 0 Å². The number of para-hydroxylation sites is 1. The summed E-state index contributed by atoms with van der Waals surface area (Å²) in [6, 6.07) is 11.5. The maximum Gasteiger partial charge on any atom is 0.271 e. The van der Waals surface area contributed by atoms with Gasteiger partial charge in [-0.3, -0.25) is 14.5 Å². The lowest BCUT2D eigenvalue weighted by atomic mass is 9.91. The quantitative estimate of drug-likeness (QED) is 0.639. The van der Waals surface area contributed by atoms with Crippen molar-refractivity contribution in [2.75, 3.05) is 13.1 Å². The first-order chi connectivity index (χ1) is 16.9. The van der Waals surface area contributed by atoms with Gasteiger partial charge in [-0.1, -0.05) is 43.9 Å². The zero-order chi connectivity index (χ0) is 24.6. The third kappa shape index (κ3) is 4.62. The summed E-state index contributed by atoms with van der Waals surface area (Å²) in [4.78, 5) is 32.3. The van der Waals surface area contributed by atoms with Crippen LogP contribution in [0.3, 0.4) is 0 Å². The number of carbonyl (C=O) groups is 2. The molecule has 3 atom stereocenters. The molecule has 1 aromatic heterocycles. The van der Waals surface area contributed by atoms with E-state index in [-0.39, 0.29) is 17.9 Å². The SMILES string of the molecule is C[C@@H]1CCC[C@@H](C)N1CCCN1C(=O)c2cc3ccccc3n2C[C@@]1(C)C(=O)NC1CCCCC1. The van der Waals surface area contributed by atoms with Crippen LogP contribution in [0.25, 0.3) is 10.9 Å². The lowest BCUT2D eigenvalue weighted by Gasteiger charge is -2.45. The van der Waals surface area contributed by atoms with E-state index in [2.05, 4.69) is 40.8 Å². The van der Waals surface area contributed by atoms with Gasteiger partial charge < -0.3 is 14.8 Å². The summed E-state index contributed by atoms with van der Waals surface area (Å²) in [5, 5.41) is 4.41. The van der Waals surface area contributed by atoms with E-state index < -0.39 is 5.54 Å². The first-order valence-corrected chi connectivity index (χ1v) is 13.9. The number of fused-ring (bicyclic) bond motifs is 3. The molecule has 5 rings (SSSR count). The van der Waals surface area contributed by atoms with E-state index in [0.29, 0.717) is 30.9 Å². The summed E-state index contributed by atoms with van der Waals surface area (Å²) in [6.07, 6.45) is 10.3. The van der Waals surface area contributed by atoms with Crippen molar-refractivity contribution in [3.63, 3.8) is 0 Å². The molecule has 2 amide bonds. The van der Waals surface area contributed by atoms with Crippen LogP contribution in [0.4, 0.5) is 0 Å². The number of likely N-dealkylation sites (tertiary alicyclic amines) is 1. The van der Waals surface area contributed by atoms with Gasteiger partial charge in [0.25, 0.3) is 5.91 Å². The molecule has 3 heterocycles. The average molecular weight is 479 g/mol. The highest BCUT2D eigenvalue weighted by Crippen LogP contribution is 2.33. The molecule has 3 aliphatic rings. The van der Waals surface area contributed by atoms with Gasteiger partial charge >= 0.3 is 0 Å². The van der Waals surface area contributed by atoms with E-state index in [1.165, 1.54) is 38.5 Å². The number of hydrogen-bond acceptors (Lipinski definition) is 3. The van der Waals surface area contributed by atoms with Gasteiger partial charge in [0.05, 0.1) is 6.54 Å². The Morgan fingerprint density at radius 3 is 2.46 bits per heavy atom. The summed E-state index contributed by atoms with van der Waals surface area (Å²) in [6.45, 7) is 8.69. The number of carbonyl (C=O) groups excluding carboxylic acids is 2. The van der Waals surface area contributed by atoms with Crippen LogP contribution in [0.1, 0.15) is 89.0 Å². The molecule has 0 bridgehead atoms. The molecule has 0 unspecified atom stereocenters. The summed E-state index contributed by atoms with van der Waals surface area (Å²) in [7, 11) is 0. The fourth-order valence-electron chi connectivity index (χ4n) is 6.77. The van der Waals surface area contributed by atoms with Crippen molar-refractivity contribution in [3.8, 4) is 0 Å². The zero-order valence-electron chi connectivity index (χ0n) is 21.8. The van der Waals surface area contributed by atoms with E-state index in [1.54, 1.807) is 0 Å². The number of piperidine rings is 1. The van der Waals surface area contributed by atoms with E-state index in [0.717, 1.165) is 36.7 Å². The Kier molecular flexibility index (Phi) is 6.93. The Balaban J connectivity index is 1.40. The molecular weight excluding hydrogens is 436 g/mol. The number of benzene rings is 1. The number of nitrogens with one attached hydrogen (secondary N) is 1. The van der Waals surface area contributed by atoms with E-state index in [1.807, 2.05) is 30.0 Å². The fraction of sp³-hybridized carbons (Fsp3) is 0.655. The molecule has 2 fully saturated rings. The van der Waals surface area contributed by atoms with Crippen molar-refractivity contribution in [3.05, 3.63) is 36.0 Å². The van der Waals surface area contributed by atoms with Crippen molar-refractivity contribution < 1.29 is 9.59 Å². The normalized spacial score (nSPS) is 28.3. The van der Waals surface area contributed by atoms with Crippen LogP contribution < -0.4 is 5.32 Å². The summed E-state index contributed by atoms with van der Waals surface area (Å²) >= 11 is 0. The predicted molar refractivity (Wildman–Crippen MR) is 140 cm³/mol. The van der Waals surface area contributed by atoms with Crippen LogP contribution >= 0.6 is 0 Å². The number of hydrogen-bond donors (Lipinski definition) is 1. The molecule has 2 aromatic rings. The molecule has 2 aliphatic heterocycles. The molecule has 1 N–H and O–H groups in total. The Bertz CT molecular complexity index is 1060. The van der Waals surface area contributed by atoms with Crippen LogP contribution in [0.5, 0.6) is 0 Å². The van der Waals surface area contributed by atoms with Gasteiger partial charge in [-0.05, 0) is 65.0 Å². The lowest BCUT2D eigenvalue weighted by Crippen LogP contribution is -2.65. The maximum absolute atomic E-state index is 13.9. The van der Waals surface area contributed by atoms with Gasteiger partial charge in [0.2, 0.25) is 5.91 Å². The molecule has 1 aromatic carbocycles. The first kappa shape index (κ1) is 24.4. The lowest BCUT2D eigenvalue weighted by molar-refractivity contribution is -0.133. The second-order valence-corrected chi connectivity index (χ2v) is 11.4. The highest BCUT2D eigenvalue weighted by Gasteiger charge is 2.48. The molecule has 1 saturated heterocycles. The number of aromatic nitrogens is 1. The van der Waals surface area contributed by atoms with E-state index >= 15 is 0 Å². The van der Waals surface area contributed by atoms with Crippen LogP contribution in [-0.2, 0) is 11.3 Å². The van der Waals surface area contributed by atoms with Crippen molar-refractivity contribution in [1.82, 2.24) is 19.7 Å². The van der Waals surface area contributed by atoms with Gasteiger partial charge in [-0.25, -0.2) is 0 Å². The van der Waals surface area contributed by atoms with Gasteiger partial charge in [0.15, 0.2) is 0 Å². The second-order valence-electron chi connectivity index (χ2n) is 11.4. The number of rotatable bonds is 6. The molecule has 190 valence electrons. The molecule has 35 heavy (non-hydrogen) atoms. The highest BCUT2D eigenvalue weighted by atomic mass is 16.2. The number of amides is 2. The smallest absolute Gasteiger partial charge is 0.271 e. The molecule has 1 saturated carbocycles. The summed E-state index contributed by atoms with van der Waals surface area (Å²) in [5.74, 6) is -0.0191. The largest absolute Gasteiger partial charge is 0.351 e. The topological polar surface area (TPSA) is 57.6 Å². The Hall–Kier alpha value is -2.34. The maximum atomic E-state index is 13.9. The van der Waals surface area contributed by atoms with Gasteiger partial charge in [0, 0.05) is 42.1 Å². The Morgan fingerprint density at radius 1 is 1.00 bits per heavy atom. The molecule has 6 nitrogen and oxygen atoms in total. The van der Waals surface area contributed by atoms with E-state index in [4.69, 9.17) is 0 Å². The minimum Gasteiger partial charge on any atom is -0.351 e. The minimum absolute atomic E-state index is 0.000824. The van der Waals surface area contributed by atoms with Crippen molar-refractivity contribution >= 4 is 22.7 Å². The third-order valence-corrected chi connectivity index (χ3v) is 8.94.